The van der Waals surface area contributed by atoms with Crippen molar-refractivity contribution < 1.29 is 9.13 Å². The van der Waals surface area contributed by atoms with E-state index >= 15 is 0 Å². The van der Waals surface area contributed by atoms with E-state index in [1.165, 1.54) is 12.1 Å². The van der Waals surface area contributed by atoms with E-state index in [9.17, 15) is 4.39 Å². The summed E-state index contributed by atoms with van der Waals surface area (Å²) in [6, 6.07) is 9.77. The van der Waals surface area contributed by atoms with Crippen LogP contribution in [0.4, 0.5) is 10.1 Å². The molecule has 18 heavy (non-hydrogen) atoms. The van der Waals surface area contributed by atoms with Gasteiger partial charge in [0, 0.05) is 11.3 Å². The highest BCUT2D eigenvalue weighted by molar-refractivity contribution is 6.32. The van der Waals surface area contributed by atoms with Crippen molar-refractivity contribution in [3.05, 3.63) is 58.4 Å². The summed E-state index contributed by atoms with van der Waals surface area (Å²) in [5.74, 6) is 0.241. The van der Waals surface area contributed by atoms with Gasteiger partial charge in [-0.1, -0.05) is 23.7 Å². The third-order valence-corrected chi connectivity index (χ3v) is 2.89. The van der Waals surface area contributed by atoms with E-state index < -0.39 is 0 Å². The maximum Gasteiger partial charge on any atom is 0.138 e. The minimum atomic E-state index is -0.357. The zero-order valence-corrected chi connectivity index (χ0v) is 10.7. The van der Waals surface area contributed by atoms with Crippen molar-refractivity contribution >= 4 is 17.3 Å². The SMILES string of the molecule is Cc1ccc(Cl)c(OCc2ccc(F)cc2N)c1. The Hall–Kier alpha value is -1.74. The van der Waals surface area contributed by atoms with Gasteiger partial charge in [0.2, 0.25) is 0 Å². The van der Waals surface area contributed by atoms with Gasteiger partial charge in [0.25, 0.3) is 0 Å². The topological polar surface area (TPSA) is 35.2 Å². The molecule has 94 valence electrons. The summed E-state index contributed by atoms with van der Waals surface area (Å²) in [5, 5.41) is 0.543. The number of halogens is 2. The highest BCUT2D eigenvalue weighted by atomic mass is 35.5. The number of nitrogens with two attached hydrogens (primary N) is 1. The predicted octanol–water partition coefficient (Wildman–Crippen LogP) is 3.95. The van der Waals surface area contributed by atoms with Crippen molar-refractivity contribution in [3.8, 4) is 5.75 Å². The lowest BCUT2D eigenvalue weighted by Crippen LogP contribution is -2.01. The largest absolute Gasteiger partial charge is 0.487 e. The Labute approximate surface area is 110 Å². The molecule has 0 radical (unpaired) electrons. The third-order valence-electron chi connectivity index (χ3n) is 2.58. The fourth-order valence-corrected chi connectivity index (χ4v) is 1.75. The van der Waals surface area contributed by atoms with E-state index in [1.807, 2.05) is 19.1 Å². The Bertz CT molecular complexity index is 572. The van der Waals surface area contributed by atoms with Gasteiger partial charge in [-0.25, -0.2) is 4.39 Å². The average Bonchev–Trinajstić information content (AvgIpc) is 2.32. The van der Waals surface area contributed by atoms with Gasteiger partial charge in [-0.2, -0.15) is 0 Å². The molecule has 0 saturated carbocycles. The molecular weight excluding hydrogens is 253 g/mol. The van der Waals surface area contributed by atoms with Crippen LogP contribution >= 0.6 is 11.6 Å². The molecule has 0 aromatic heterocycles. The van der Waals surface area contributed by atoms with Gasteiger partial charge in [-0.3, -0.25) is 0 Å². The van der Waals surface area contributed by atoms with Crippen molar-refractivity contribution in [3.63, 3.8) is 0 Å². The fraction of sp³-hybridized carbons (Fsp3) is 0.143. The van der Waals surface area contributed by atoms with E-state index in [1.54, 1.807) is 12.1 Å². The zero-order valence-electron chi connectivity index (χ0n) is 9.91. The molecule has 0 amide bonds. The Morgan fingerprint density at radius 2 is 2.00 bits per heavy atom. The minimum Gasteiger partial charge on any atom is -0.487 e. The molecule has 0 aliphatic rings. The van der Waals surface area contributed by atoms with Gasteiger partial charge < -0.3 is 10.5 Å². The van der Waals surface area contributed by atoms with Crippen molar-refractivity contribution in [2.45, 2.75) is 13.5 Å². The molecule has 2 rings (SSSR count). The lowest BCUT2D eigenvalue weighted by molar-refractivity contribution is 0.307. The van der Waals surface area contributed by atoms with E-state index in [2.05, 4.69) is 0 Å². The summed E-state index contributed by atoms with van der Waals surface area (Å²) >= 11 is 6.01. The van der Waals surface area contributed by atoms with Gasteiger partial charge in [0.1, 0.15) is 18.2 Å². The molecule has 0 bridgehead atoms. The molecule has 4 heteroatoms. The van der Waals surface area contributed by atoms with Crippen LogP contribution in [0, 0.1) is 12.7 Å². The van der Waals surface area contributed by atoms with Crippen molar-refractivity contribution in [2.24, 2.45) is 0 Å². The standard InChI is InChI=1S/C14H13ClFNO/c1-9-2-5-12(15)14(6-9)18-8-10-3-4-11(16)7-13(10)17/h2-7H,8,17H2,1H3. The second kappa shape index (κ2) is 5.27. The van der Waals surface area contributed by atoms with E-state index in [0.717, 1.165) is 11.1 Å². The first-order valence-electron chi connectivity index (χ1n) is 5.49. The molecule has 2 aromatic carbocycles. The molecule has 0 aliphatic heterocycles. The number of hydrogen-bond donors (Lipinski definition) is 1. The average molecular weight is 266 g/mol. The van der Waals surface area contributed by atoms with Gasteiger partial charge in [-0.05, 0) is 36.8 Å². The van der Waals surface area contributed by atoms with Gasteiger partial charge in [0.05, 0.1) is 5.02 Å². The van der Waals surface area contributed by atoms with Crippen molar-refractivity contribution in [2.75, 3.05) is 5.73 Å². The Balaban J connectivity index is 2.13. The molecule has 0 heterocycles. The van der Waals surface area contributed by atoms with Crippen LogP contribution in [0.5, 0.6) is 5.75 Å². The van der Waals surface area contributed by atoms with E-state index in [4.69, 9.17) is 22.1 Å². The fourth-order valence-electron chi connectivity index (χ4n) is 1.57. The molecule has 0 fully saturated rings. The second-order valence-corrected chi connectivity index (χ2v) is 4.47. The van der Waals surface area contributed by atoms with Gasteiger partial charge in [0.15, 0.2) is 0 Å². The summed E-state index contributed by atoms with van der Waals surface area (Å²) in [4.78, 5) is 0. The highest BCUT2D eigenvalue weighted by Crippen LogP contribution is 2.26. The Kier molecular flexibility index (Phi) is 3.72. The van der Waals surface area contributed by atoms with Crippen LogP contribution < -0.4 is 10.5 Å². The van der Waals surface area contributed by atoms with Gasteiger partial charge in [-0.15, -0.1) is 0 Å². The number of aryl methyl sites for hydroxylation is 1. The minimum absolute atomic E-state index is 0.259. The maximum atomic E-state index is 12.9. The predicted molar refractivity (Wildman–Crippen MR) is 71.3 cm³/mol. The smallest absolute Gasteiger partial charge is 0.138 e. The van der Waals surface area contributed by atoms with Crippen LogP contribution in [-0.2, 0) is 6.61 Å². The number of nitrogen functional groups attached to an aromatic ring is 1. The van der Waals surface area contributed by atoms with Gasteiger partial charge >= 0.3 is 0 Å². The lowest BCUT2D eigenvalue weighted by Gasteiger charge is -2.10. The summed E-state index contributed by atoms with van der Waals surface area (Å²) in [6.07, 6.45) is 0. The maximum absolute atomic E-state index is 12.9. The van der Waals surface area contributed by atoms with Crippen LogP contribution in [0.3, 0.4) is 0 Å². The number of hydrogen-bond acceptors (Lipinski definition) is 2. The molecule has 0 atom stereocenters. The first-order chi connectivity index (χ1) is 8.56. The number of ether oxygens (including phenoxy) is 1. The molecule has 0 unspecified atom stereocenters. The van der Waals surface area contributed by atoms with Crippen LogP contribution in [0.1, 0.15) is 11.1 Å². The molecule has 2 aromatic rings. The van der Waals surface area contributed by atoms with E-state index in [-0.39, 0.29) is 12.4 Å². The van der Waals surface area contributed by atoms with Crippen LogP contribution in [0.15, 0.2) is 36.4 Å². The highest BCUT2D eigenvalue weighted by Gasteiger charge is 2.05. The molecular formula is C14H13ClFNO. The zero-order chi connectivity index (χ0) is 13.1. The molecule has 2 nitrogen and oxygen atoms in total. The summed E-state index contributed by atoms with van der Waals surface area (Å²) in [7, 11) is 0. The van der Waals surface area contributed by atoms with Crippen LogP contribution in [0.2, 0.25) is 5.02 Å². The van der Waals surface area contributed by atoms with Crippen molar-refractivity contribution in [1.82, 2.24) is 0 Å². The number of benzene rings is 2. The van der Waals surface area contributed by atoms with Crippen LogP contribution in [0.25, 0.3) is 0 Å². The normalized spacial score (nSPS) is 10.4. The molecule has 0 spiro atoms. The quantitative estimate of drug-likeness (QED) is 0.853. The Morgan fingerprint density at radius 1 is 1.22 bits per heavy atom. The molecule has 0 aliphatic carbocycles. The number of rotatable bonds is 3. The van der Waals surface area contributed by atoms with Crippen molar-refractivity contribution in [1.29, 1.82) is 0 Å². The summed E-state index contributed by atoms with van der Waals surface area (Å²) in [5.41, 5.74) is 7.86. The molecule has 2 N–H and O–H groups in total. The lowest BCUT2D eigenvalue weighted by atomic mass is 10.2. The first-order valence-corrected chi connectivity index (χ1v) is 5.87. The number of anilines is 1. The summed E-state index contributed by atoms with van der Waals surface area (Å²) < 4.78 is 18.5. The Morgan fingerprint density at radius 3 is 2.72 bits per heavy atom. The summed E-state index contributed by atoms with van der Waals surface area (Å²) in [6.45, 7) is 2.21. The monoisotopic (exact) mass is 265 g/mol. The van der Waals surface area contributed by atoms with Crippen LogP contribution in [-0.4, -0.2) is 0 Å². The third kappa shape index (κ3) is 2.93. The molecule has 0 saturated heterocycles. The first kappa shape index (κ1) is 12.7. The van der Waals surface area contributed by atoms with E-state index in [0.29, 0.717) is 16.5 Å². The second-order valence-electron chi connectivity index (χ2n) is 4.07.